The number of amides is 1. The molecule has 0 rings (SSSR count). The van der Waals surface area contributed by atoms with Crippen molar-refractivity contribution in [1.29, 1.82) is 0 Å². The normalized spacial score (nSPS) is 12.7. The molecule has 0 fully saturated rings. The van der Waals surface area contributed by atoms with E-state index in [0.29, 0.717) is 31.9 Å². The highest BCUT2D eigenvalue weighted by atomic mass is 28.4. The molecule has 7 nitrogen and oxygen atoms in total. The Bertz CT molecular complexity index is 303. The maximum atomic E-state index is 12.1. The number of hydrogen-bond donors (Lipinski definition) is 1. The average Bonchev–Trinajstić information content (AvgIpc) is 2.55. The van der Waals surface area contributed by atoms with Gasteiger partial charge < -0.3 is 23.3 Å². The van der Waals surface area contributed by atoms with E-state index in [1.807, 2.05) is 0 Å². The molecular formula is C14H29NO6Si. The molecule has 0 heterocycles. The standard InChI is InChI=1S/C14H29NO6Si/c1-5-6-9-15-14(17)13(11-21-12-16)8-7-10-22(18-2,19-3)20-4/h12-13H,5-11H2,1-4H3,(H,15,17). The van der Waals surface area contributed by atoms with E-state index >= 15 is 0 Å². The van der Waals surface area contributed by atoms with E-state index in [4.69, 9.17) is 18.0 Å². The molecule has 0 aromatic carbocycles. The van der Waals surface area contributed by atoms with Gasteiger partial charge in [-0.05, 0) is 19.3 Å². The van der Waals surface area contributed by atoms with Crippen LogP contribution in [0.5, 0.6) is 0 Å². The summed E-state index contributed by atoms with van der Waals surface area (Å²) in [7, 11) is 2.05. The van der Waals surface area contributed by atoms with Crippen LogP contribution in [-0.4, -0.2) is 55.7 Å². The quantitative estimate of drug-likeness (QED) is 0.293. The highest BCUT2D eigenvalue weighted by Crippen LogP contribution is 2.19. The second-order valence-corrected chi connectivity index (χ2v) is 8.05. The van der Waals surface area contributed by atoms with E-state index in [2.05, 4.69) is 12.2 Å². The van der Waals surface area contributed by atoms with Gasteiger partial charge in [0.1, 0.15) is 6.61 Å². The summed E-state index contributed by atoms with van der Waals surface area (Å²) in [5, 5.41) is 2.86. The molecule has 0 aliphatic heterocycles. The Morgan fingerprint density at radius 1 is 1.18 bits per heavy atom. The lowest BCUT2D eigenvalue weighted by molar-refractivity contribution is -0.134. The molecule has 0 aliphatic carbocycles. The number of carbonyl (C=O) groups excluding carboxylic acids is 2. The van der Waals surface area contributed by atoms with Crippen LogP contribution in [0.25, 0.3) is 0 Å². The van der Waals surface area contributed by atoms with E-state index in [1.54, 1.807) is 21.3 Å². The molecule has 1 amide bonds. The summed E-state index contributed by atoms with van der Waals surface area (Å²) in [6.07, 6.45) is 3.21. The number of ether oxygens (including phenoxy) is 1. The molecule has 0 saturated heterocycles. The van der Waals surface area contributed by atoms with Gasteiger partial charge in [0.15, 0.2) is 0 Å². The van der Waals surface area contributed by atoms with Crippen molar-refractivity contribution in [2.24, 2.45) is 5.92 Å². The minimum absolute atomic E-state index is 0.0863. The van der Waals surface area contributed by atoms with Gasteiger partial charge in [0.05, 0.1) is 5.92 Å². The van der Waals surface area contributed by atoms with Crippen molar-refractivity contribution >= 4 is 21.2 Å². The van der Waals surface area contributed by atoms with Crippen LogP contribution in [0.1, 0.15) is 32.6 Å². The first-order valence-corrected chi connectivity index (χ1v) is 9.50. The van der Waals surface area contributed by atoms with E-state index in [-0.39, 0.29) is 18.4 Å². The summed E-state index contributed by atoms with van der Waals surface area (Å²) >= 11 is 0. The van der Waals surface area contributed by atoms with Gasteiger partial charge in [0.25, 0.3) is 6.47 Å². The van der Waals surface area contributed by atoms with Gasteiger partial charge >= 0.3 is 8.80 Å². The van der Waals surface area contributed by atoms with Crippen molar-refractivity contribution in [2.45, 2.75) is 38.7 Å². The highest BCUT2D eigenvalue weighted by molar-refractivity contribution is 6.60. The van der Waals surface area contributed by atoms with Gasteiger partial charge in [-0.3, -0.25) is 9.59 Å². The summed E-state index contributed by atoms with van der Waals surface area (Å²) in [4.78, 5) is 22.5. The first kappa shape index (κ1) is 21.0. The van der Waals surface area contributed by atoms with Crippen LogP contribution in [0.2, 0.25) is 6.04 Å². The van der Waals surface area contributed by atoms with Crippen LogP contribution in [0.15, 0.2) is 0 Å². The van der Waals surface area contributed by atoms with Crippen molar-refractivity contribution in [3.05, 3.63) is 0 Å². The fourth-order valence-electron chi connectivity index (χ4n) is 2.10. The Hall–Kier alpha value is -0.963. The second kappa shape index (κ2) is 12.6. The number of rotatable bonds is 14. The monoisotopic (exact) mass is 335 g/mol. The van der Waals surface area contributed by atoms with Gasteiger partial charge in [-0.15, -0.1) is 0 Å². The zero-order valence-corrected chi connectivity index (χ0v) is 15.1. The lowest BCUT2D eigenvalue weighted by Gasteiger charge is -2.25. The molecular weight excluding hydrogens is 306 g/mol. The Kier molecular flexibility index (Phi) is 12.0. The Morgan fingerprint density at radius 2 is 1.82 bits per heavy atom. The Morgan fingerprint density at radius 3 is 2.32 bits per heavy atom. The number of nitrogens with one attached hydrogen (secondary N) is 1. The minimum Gasteiger partial charge on any atom is -0.467 e. The SMILES string of the molecule is CCCCNC(=O)C(CCC[Si](OC)(OC)OC)COC=O. The van der Waals surface area contributed by atoms with Gasteiger partial charge in [-0.25, -0.2) is 0 Å². The minimum atomic E-state index is -2.62. The smallest absolute Gasteiger partial charge is 0.467 e. The zero-order chi connectivity index (χ0) is 16.8. The first-order chi connectivity index (χ1) is 10.6. The maximum absolute atomic E-state index is 12.1. The van der Waals surface area contributed by atoms with Crippen molar-refractivity contribution in [3.63, 3.8) is 0 Å². The van der Waals surface area contributed by atoms with Crippen LogP contribution in [-0.2, 0) is 27.6 Å². The summed E-state index contributed by atoms with van der Waals surface area (Å²) in [5.74, 6) is -0.450. The topological polar surface area (TPSA) is 83.1 Å². The molecule has 8 heteroatoms. The van der Waals surface area contributed by atoms with Crippen molar-refractivity contribution in [3.8, 4) is 0 Å². The third kappa shape index (κ3) is 7.88. The Labute approximate surface area is 134 Å². The number of unbranched alkanes of at least 4 members (excludes halogenated alkanes) is 1. The lowest BCUT2D eigenvalue weighted by Crippen LogP contribution is -2.43. The van der Waals surface area contributed by atoms with E-state index in [1.165, 1.54) is 0 Å². The van der Waals surface area contributed by atoms with Crippen molar-refractivity contribution in [2.75, 3.05) is 34.5 Å². The van der Waals surface area contributed by atoms with Crippen LogP contribution in [0, 0.1) is 5.92 Å². The van der Waals surface area contributed by atoms with Crippen LogP contribution in [0.4, 0.5) is 0 Å². The lowest BCUT2D eigenvalue weighted by atomic mass is 10.0. The fraction of sp³-hybridized carbons (Fsp3) is 0.857. The molecule has 22 heavy (non-hydrogen) atoms. The summed E-state index contributed by atoms with van der Waals surface area (Å²) in [6, 6.07) is 0.607. The Balaban J connectivity index is 4.39. The van der Waals surface area contributed by atoms with Crippen LogP contribution in [0.3, 0.4) is 0 Å². The highest BCUT2D eigenvalue weighted by Gasteiger charge is 2.37. The fourth-order valence-corrected chi connectivity index (χ4v) is 3.85. The van der Waals surface area contributed by atoms with Crippen LogP contribution < -0.4 is 5.32 Å². The van der Waals surface area contributed by atoms with E-state index in [9.17, 15) is 9.59 Å². The predicted molar refractivity (Wildman–Crippen MR) is 84.2 cm³/mol. The zero-order valence-electron chi connectivity index (χ0n) is 14.1. The molecule has 0 radical (unpaired) electrons. The van der Waals surface area contributed by atoms with Crippen molar-refractivity contribution in [1.82, 2.24) is 5.32 Å². The second-order valence-electron chi connectivity index (χ2n) is 4.96. The number of hydrogen-bond acceptors (Lipinski definition) is 6. The molecule has 0 saturated carbocycles. The maximum Gasteiger partial charge on any atom is 0.500 e. The molecule has 0 aliphatic rings. The van der Waals surface area contributed by atoms with Crippen molar-refractivity contribution < 1.29 is 27.6 Å². The molecule has 0 aromatic heterocycles. The van der Waals surface area contributed by atoms with E-state index in [0.717, 1.165) is 12.8 Å². The average molecular weight is 335 g/mol. The molecule has 130 valence electrons. The molecule has 0 aromatic rings. The molecule has 0 bridgehead atoms. The van der Waals surface area contributed by atoms with Gasteiger partial charge in [0.2, 0.25) is 5.91 Å². The third-order valence-corrected chi connectivity index (χ3v) is 6.37. The molecule has 1 N–H and O–H groups in total. The summed E-state index contributed by atoms with van der Waals surface area (Å²) < 4.78 is 20.8. The molecule has 1 unspecified atom stereocenters. The van der Waals surface area contributed by atoms with Gasteiger partial charge in [-0.2, -0.15) is 0 Å². The summed E-state index contributed by atoms with van der Waals surface area (Å²) in [6.45, 7) is 3.15. The van der Waals surface area contributed by atoms with E-state index < -0.39 is 8.80 Å². The molecule has 1 atom stereocenters. The van der Waals surface area contributed by atoms with Gasteiger partial charge in [0, 0.05) is 33.9 Å². The first-order valence-electron chi connectivity index (χ1n) is 7.57. The number of carbonyl (C=O) groups is 2. The largest absolute Gasteiger partial charge is 0.500 e. The van der Waals surface area contributed by atoms with Crippen LogP contribution >= 0.6 is 0 Å². The predicted octanol–water partition coefficient (Wildman–Crippen LogP) is 1.35. The van der Waals surface area contributed by atoms with Gasteiger partial charge in [-0.1, -0.05) is 13.3 Å². The molecule has 0 spiro atoms. The summed E-state index contributed by atoms with van der Waals surface area (Å²) in [5.41, 5.74) is 0. The third-order valence-electron chi connectivity index (χ3n) is 3.53.